The van der Waals surface area contributed by atoms with Gasteiger partial charge in [0, 0.05) is 13.2 Å². The predicted octanol–water partition coefficient (Wildman–Crippen LogP) is 1.51. The van der Waals surface area contributed by atoms with Crippen LogP contribution in [-0.2, 0) is 17.1 Å². The first-order valence-electron chi connectivity index (χ1n) is 6.61. The third kappa shape index (κ3) is 4.83. The van der Waals surface area contributed by atoms with Gasteiger partial charge in [-0.15, -0.1) is 4.40 Å². The summed E-state index contributed by atoms with van der Waals surface area (Å²) < 4.78 is 40.4. The van der Waals surface area contributed by atoms with Gasteiger partial charge in [-0.05, 0) is 22.2 Å². The summed E-state index contributed by atoms with van der Waals surface area (Å²) in [4.78, 5) is 8.14. The van der Waals surface area contributed by atoms with E-state index in [-0.39, 0.29) is 27.9 Å². The van der Waals surface area contributed by atoms with Gasteiger partial charge in [-0.3, -0.25) is 4.68 Å². The fraction of sp³-hybridized carbons (Fsp3) is 0.333. The number of methoxy groups -OCH3 is 2. The van der Waals surface area contributed by atoms with Crippen LogP contribution in [0.1, 0.15) is 0 Å². The van der Waals surface area contributed by atoms with Crippen LogP contribution >= 0.6 is 27.7 Å². The van der Waals surface area contributed by atoms with Crippen LogP contribution in [0.2, 0.25) is 0 Å². The number of rotatable bonds is 5. The second-order valence-corrected chi connectivity index (χ2v) is 7.60. The van der Waals surface area contributed by atoms with Crippen molar-refractivity contribution in [3.63, 3.8) is 0 Å². The van der Waals surface area contributed by atoms with E-state index in [9.17, 15) is 8.42 Å². The Balaban J connectivity index is 2.36. The summed E-state index contributed by atoms with van der Waals surface area (Å²) in [5, 5.41) is 6.50. The van der Waals surface area contributed by atoms with Crippen molar-refractivity contribution < 1.29 is 17.9 Å². The molecule has 0 fully saturated rings. The summed E-state index contributed by atoms with van der Waals surface area (Å²) in [5.74, 6) is 0.592. The third-order valence-corrected chi connectivity index (χ3v) is 5.46. The van der Waals surface area contributed by atoms with Gasteiger partial charge in [0.05, 0.1) is 24.8 Å². The van der Waals surface area contributed by atoms with Gasteiger partial charge < -0.3 is 14.8 Å². The smallest absolute Gasteiger partial charge is 0.305 e. The van der Waals surface area contributed by atoms with E-state index in [4.69, 9.17) is 9.47 Å². The van der Waals surface area contributed by atoms with Gasteiger partial charge in [-0.2, -0.15) is 23.5 Å². The average Bonchev–Trinajstić information content (AvgIpc) is 2.92. The standard InChI is InChI=1S/C12H15BrN6O4S2/c1-19-6-7(13)10(17-19)25(20,21)18-12(24-4)16-11-14-8(22-2)5-9(15-11)23-3/h5-6H,1-4H3,(H,14,15,16,18). The summed E-state index contributed by atoms with van der Waals surface area (Å²) in [7, 11) is 0.469. The Morgan fingerprint density at radius 2 is 1.92 bits per heavy atom. The molecule has 2 heterocycles. The van der Waals surface area contributed by atoms with E-state index in [0.717, 1.165) is 11.8 Å². The fourth-order valence-electron chi connectivity index (χ4n) is 1.64. The molecular formula is C12H15BrN6O4S2. The first kappa shape index (κ1) is 19.5. The molecule has 0 saturated carbocycles. The molecule has 0 aliphatic carbocycles. The number of anilines is 1. The third-order valence-electron chi connectivity index (χ3n) is 2.71. The molecule has 0 bridgehead atoms. The van der Waals surface area contributed by atoms with Crippen LogP contribution in [0.15, 0.2) is 26.2 Å². The molecule has 0 radical (unpaired) electrons. The minimum absolute atomic E-state index is 0.0628. The number of thioether (sulfide) groups is 1. The highest BCUT2D eigenvalue weighted by Crippen LogP contribution is 2.23. The molecule has 25 heavy (non-hydrogen) atoms. The number of aryl methyl sites for hydroxylation is 1. The van der Waals surface area contributed by atoms with Crippen molar-refractivity contribution in [2.45, 2.75) is 5.03 Å². The lowest BCUT2D eigenvalue weighted by Crippen LogP contribution is -2.14. The van der Waals surface area contributed by atoms with E-state index in [1.54, 1.807) is 13.3 Å². The van der Waals surface area contributed by atoms with Crippen molar-refractivity contribution in [3.8, 4) is 11.8 Å². The highest BCUT2D eigenvalue weighted by atomic mass is 79.9. The number of hydrogen-bond donors (Lipinski definition) is 1. The molecule has 0 amide bonds. The SMILES string of the molecule is COc1cc(OC)nc(NC(=NS(=O)(=O)c2nn(C)cc2Br)SC)n1. The summed E-state index contributed by atoms with van der Waals surface area (Å²) in [6.45, 7) is 0. The van der Waals surface area contributed by atoms with Gasteiger partial charge >= 0.3 is 10.0 Å². The number of amidine groups is 1. The molecule has 0 spiro atoms. The molecule has 1 N–H and O–H groups in total. The van der Waals surface area contributed by atoms with Gasteiger partial charge in [0.1, 0.15) is 0 Å². The van der Waals surface area contributed by atoms with Crippen LogP contribution in [0.5, 0.6) is 11.8 Å². The molecule has 0 saturated heterocycles. The van der Waals surface area contributed by atoms with Gasteiger partial charge in [-0.25, -0.2) is 0 Å². The van der Waals surface area contributed by atoms with Gasteiger partial charge in [0.25, 0.3) is 0 Å². The topological polar surface area (TPSA) is 121 Å². The van der Waals surface area contributed by atoms with Crippen molar-refractivity contribution >= 4 is 48.8 Å². The molecule has 10 nitrogen and oxygen atoms in total. The maximum Gasteiger partial charge on any atom is 0.305 e. The normalized spacial score (nSPS) is 12.1. The number of nitrogens with zero attached hydrogens (tertiary/aromatic N) is 5. The number of aromatic nitrogens is 4. The Morgan fingerprint density at radius 1 is 1.32 bits per heavy atom. The van der Waals surface area contributed by atoms with Crippen LogP contribution in [0.3, 0.4) is 0 Å². The van der Waals surface area contributed by atoms with Crippen LogP contribution in [-0.4, -0.2) is 53.8 Å². The molecule has 2 rings (SSSR count). The Labute approximate surface area is 157 Å². The molecule has 13 heteroatoms. The molecule has 0 aliphatic rings. The van der Waals surface area contributed by atoms with E-state index in [2.05, 4.69) is 40.7 Å². The van der Waals surface area contributed by atoms with Crippen molar-refractivity contribution in [1.29, 1.82) is 0 Å². The first-order valence-corrected chi connectivity index (χ1v) is 10.1. The van der Waals surface area contributed by atoms with E-state index in [1.165, 1.54) is 31.2 Å². The second kappa shape index (κ2) is 8.01. The minimum Gasteiger partial charge on any atom is -0.481 e. The summed E-state index contributed by atoms with van der Waals surface area (Å²) in [5.41, 5.74) is 0. The minimum atomic E-state index is -4.03. The largest absolute Gasteiger partial charge is 0.481 e. The van der Waals surface area contributed by atoms with Crippen molar-refractivity contribution in [3.05, 3.63) is 16.7 Å². The number of nitrogens with one attached hydrogen (secondary N) is 1. The zero-order valence-electron chi connectivity index (χ0n) is 13.7. The first-order chi connectivity index (χ1) is 11.8. The number of sulfonamides is 1. The highest BCUT2D eigenvalue weighted by Gasteiger charge is 2.22. The van der Waals surface area contributed by atoms with E-state index in [1.807, 2.05) is 0 Å². The van der Waals surface area contributed by atoms with Crippen LogP contribution in [0, 0.1) is 0 Å². The molecule has 0 unspecified atom stereocenters. The monoisotopic (exact) mass is 450 g/mol. The van der Waals surface area contributed by atoms with Crippen LogP contribution in [0.25, 0.3) is 0 Å². The molecule has 0 aliphatic heterocycles. The van der Waals surface area contributed by atoms with Crippen molar-refractivity contribution in [1.82, 2.24) is 19.7 Å². The lowest BCUT2D eigenvalue weighted by atomic mass is 10.6. The summed E-state index contributed by atoms with van der Waals surface area (Å²) >= 11 is 4.23. The van der Waals surface area contributed by atoms with E-state index >= 15 is 0 Å². The van der Waals surface area contributed by atoms with E-state index < -0.39 is 10.0 Å². The molecule has 2 aromatic rings. The van der Waals surface area contributed by atoms with Gasteiger partial charge in [0.15, 0.2) is 5.17 Å². The van der Waals surface area contributed by atoms with Gasteiger partial charge in [-0.1, -0.05) is 11.8 Å². The summed E-state index contributed by atoms with van der Waals surface area (Å²) in [6, 6.07) is 1.49. The molecule has 136 valence electrons. The zero-order chi connectivity index (χ0) is 18.6. The molecule has 0 aromatic carbocycles. The molecule has 0 atom stereocenters. The van der Waals surface area contributed by atoms with Crippen molar-refractivity contribution in [2.24, 2.45) is 11.4 Å². The quantitative estimate of drug-likeness (QED) is 0.533. The average molecular weight is 451 g/mol. The maximum absolute atomic E-state index is 12.4. The Bertz CT molecular complexity index is 877. The number of ether oxygens (including phenoxy) is 2. The van der Waals surface area contributed by atoms with E-state index in [0.29, 0.717) is 4.47 Å². The highest BCUT2D eigenvalue weighted by molar-refractivity contribution is 9.10. The maximum atomic E-state index is 12.4. The van der Waals surface area contributed by atoms with Gasteiger partial charge in [0.2, 0.25) is 22.7 Å². The lowest BCUT2D eigenvalue weighted by Gasteiger charge is -2.08. The Kier molecular flexibility index (Phi) is 6.24. The predicted molar refractivity (Wildman–Crippen MR) is 97.8 cm³/mol. The Hall–Kier alpha value is -1.86. The zero-order valence-corrected chi connectivity index (χ0v) is 16.9. The van der Waals surface area contributed by atoms with Crippen molar-refractivity contribution in [2.75, 3.05) is 25.8 Å². The second-order valence-electron chi connectivity index (χ2n) is 4.43. The molecular weight excluding hydrogens is 436 g/mol. The summed E-state index contributed by atoms with van der Waals surface area (Å²) in [6.07, 6.45) is 3.18. The fourth-order valence-corrected chi connectivity index (χ4v) is 4.30. The van der Waals surface area contributed by atoms with Crippen LogP contribution < -0.4 is 14.8 Å². The Morgan fingerprint density at radius 3 is 2.36 bits per heavy atom. The molecule has 2 aromatic heterocycles. The number of hydrogen-bond acceptors (Lipinski definition) is 8. The van der Waals surface area contributed by atoms with Crippen LogP contribution in [0.4, 0.5) is 5.95 Å². The number of halogens is 1. The lowest BCUT2D eigenvalue weighted by molar-refractivity contribution is 0.373.